The van der Waals surface area contributed by atoms with E-state index in [1.165, 1.54) is 0 Å². The number of rotatable bonds is 2. The summed E-state index contributed by atoms with van der Waals surface area (Å²) in [6.07, 6.45) is 9.05. The van der Waals surface area contributed by atoms with E-state index in [0.717, 1.165) is 30.4 Å². The Hall–Kier alpha value is -1.64. The van der Waals surface area contributed by atoms with Gasteiger partial charge in [-0.2, -0.15) is 0 Å². The molecule has 0 unspecified atom stereocenters. The quantitative estimate of drug-likeness (QED) is 0.542. The first-order chi connectivity index (χ1) is 8.18. The summed E-state index contributed by atoms with van der Waals surface area (Å²) in [6.45, 7) is 2.22. The highest BCUT2D eigenvalue weighted by Gasteiger charge is 2.18. The van der Waals surface area contributed by atoms with Crippen molar-refractivity contribution in [1.29, 1.82) is 0 Å². The Balaban J connectivity index is 2.11. The van der Waals surface area contributed by atoms with Crippen LogP contribution in [0.1, 0.15) is 32.6 Å². The van der Waals surface area contributed by atoms with E-state index in [4.69, 9.17) is 4.74 Å². The van der Waals surface area contributed by atoms with Crippen molar-refractivity contribution >= 4 is 11.8 Å². The zero-order valence-electron chi connectivity index (χ0n) is 9.99. The molecule has 0 saturated heterocycles. The van der Waals surface area contributed by atoms with E-state index >= 15 is 0 Å². The number of esters is 1. The number of hydrogen-bond acceptors (Lipinski definition) is 3. The predicted octanol–water partition coefficient (Wildman–Crippen LogP) is 2.49. The number of ketones is 1. The molecule has 90 valence electrons. The van der Waals surface area contributed by atoms with Crippen molar-refractivity contribution < 1.29 is 14.3 Å². The molecule has 3 nitrogen and oxygen atoms in total. The lowest BCUT2D eigenvalue weighted by Gasteiger charge is -2.11. The van der Waals surface area contributed by atoms with Gasteiger partial charge < -0.3 is 4.74 Å². The summed E-state index contributed by atoms with van der Waals surface area (Å²) in [5.41, 5.74) is 2.35. The van der Waals surface area contributed by atoms with Crippen LogP contribution in [0, 0.1) is 0 Å². The van der Waals surface area contributed by atoms with Gasteiger partial charge >= 0.3 is 5.97 Å². The van der Waals surface area contributed by atoms with E-state index in [-0.39, 0.29) is 11.8 Å². The molecule has 0 aromatic carbocycles. The minimum atomic E-state index is -0.271. The van der Waals surface area contributed by atoms with Crippen molar-refractivity contribution in [3.8, 4) is 0 Å². The fourth-order valence-corrected chi connectivity index (χ4v) is 2.08. The Morgan fingerprint density at radius 3 is 2.71 bits per heavy atom. The molecule has 0 N–H and O–H groups in total. The Morgan fingerprint density at radius 2 is 2.06 bits per heavy atom. The van der Waals surface area contributed by atoms with Crippen LogP contribution in [0.2, 0.25) is 0 Å². The second-order valence-electron chi connectivity index (χ2n) is 4.39. The lowest BCUT2D eigenvalue weighted by atomic mass is 9.93. The van der Waals surface area contributed by atoms with Gasteiger partial charge in [0.25, 0.3) is 0 Å². The molecular formula is C14H16O3. The first-order valence-corrected chi connectivity index (χ1v) is 5.97. The van der Waals surface area contributed by atoms with Gasteiger partial charge in [0.05, 0.1) is 5.57 Å². The van der Waals surface area contributed by atoms with E-state index in [2.05, 4.69) is 0 Å². The highest BCUT2D eigenvalue weighted by Crippen LogP contribution is 2.21. The van der Waals surface area contributed by atoms with Gasteiger partial charge in [-0.1, -0.05) is 12.2 Å². The number of allylic oxidation sites excluding steroid dienone is 3. The van der Waals surface area contributed by atoms with Crippen LogP contribution in [0.5, 0.6) is 0 Å². The predicted molar refractivity (Wildman–Crippen MR) is 64.4 cm³/mol. The van der Waals surface area contributed by atoms with Gasteiger partial charge in [0.2, 0.25) is 0 Å². The Bertz CT molecular complexity index is 438. The molecule has 3 heteroatoms. The van der Waals surface area contributed by atoms with Crippen molar-refractivity contribution in [2.24, 2.45) is 0 Å². The SMILES string of the molecule is C/C(=C\C=C1\CCCCC1=O)C1=CCOC1=O. The molecule has 0 bridgehead atoms. The summed E-state index contributed by atoms with van der Waals surface area (Å²) in [7, 11) is 0. The van der Waals surface area contributed by atoms with Crippen molar-refractivity contribution in [2.75, 3.05) is 6.61 Å². The molecular weight excluding hydrogens is 216 g/mol. The molecule has 0 amide bonds. The minimum absolute atomic E-state index is 0.239. The molecule has 0 aromatic rings. The van der Waals surface area contributed by atoms with Crippen molar-refractivity contribution in [3.63, 3.8) is 0 Å². The molecule has 1 aliphatic carbocycles. The average Bonchev–Trinajstić information content (AvgIpc) is 2.74. The van der Waals surface area contributed by atoms with Crippen LogP contribution in [0.15, 0.2) is 34.9 Å². The lowest BCUT2D eigenvalue weighted by molar-refractivity contribution is -0.135. The number of carbonyl (C=O) groups excluding carboxylic acids is 2. The molecule has 17 heavy (non-hydrogen) atoms. The van der Waals surface area contributed by atoms with Crippen LogP contribution in [0.4, 0.5) is 0 Å². The van der Waals surface area contributed by atoms with Gasteiger partial charge in [0.1, 0.15) is 6.61 Å². The molecule has 0 aromatic heterocycles. The third-order valence-electron chi connectivity index (χ3n) is 3.14. The highest BCUT2D eigenvalue weighted by atomic mass is 16.5. The van der Waals surface area contributed by atoms with Crippen LogP contribution < -0.4 is 0 Å². The molecule has 1 fully saturated rings. The first-order valence-electron chi connectivity index (χ1n) is 5.97. The van der Waals surface area contributed by atoms with Crippen molar-refractivity contribution in [1.82, 2.24) is 0 Å². The number of carbonyl (C=O) groups is 2. The second kappa shape index (κ2) is 5.13. The van der Waals surface area contributed by atoms with Crippen LogP contribution in [0.25, 0.3) is 0 Å². The molecule has 1 saturated carbocycles. The van der Waals surface area contributed by atoms with Crippen LogP contribution >= 0.6 is 0 Å². The summed E-state index contributed by atoms with van der Waals surface area (Å²) in [5.74, 6) is -0.0320. The normalized spacial score (nSPS) is 23.9. The molecule has 0 spiro atoms. The number of Topliss-reactive ketones (excluding diaryl/α,β-unsaturated/α-hetero) is 1. The fourth-order valence-electron chi connectivity index (χ4n) is 2.08. The summed E-state index contributed by atoms with van der Waals surface area (Å²) in [5, 5.41) is 0. The van der Waals surface area contributed by atoms with Gasteiger partial charge in [-0.05, 0) is 43.4 Å². The molecule has 0 radical (unpaired) electrons. The Kier molecular flexibility index (Phi) is 3.57. The Morgan fingerprint density at radius 1 is 1.29 bits per heavy atom. The first kappa shape index (κ1) is 11.8. The summed E-state index contributed by atoms with van der Waals surface area (Å²) < 4.78 is 4.84. The molecule has 1 aliphatic heterocycles. The summed E-state index contributed by atoms with van der Waals surface area (Å²) in [6, 6.07) is 0. The van der Waals surface area contributed by atoms with Crippen LogP contribution in [0.3, 0.4) is 0 Å². The molecule has 1 heterocycles. The standard InChI is InChI=1S/C14H16O3/c1-10(12-8-9-17-14(12)16)6-7-11-4-2-3-5-13(11)15/h6-8H,2-5,9H2,1H3/b10-6+,11-7-. The maximum absolute atomic E-state index is 11.6. The van der Waals surface area contributed by atoms with Crippen LogP contribution in [-0.2, 0) is 14.3 Å². The zero-order chi connectivity index (χ0) is 12.3. The molecule has 2 rings (SSSR count). The minimum Gasteiger partial charge on any atom is -0.458 e. The molecule has 2 aliphatic rings. The van der Waals surface area contributed by atoms with E-state index in [1.807, 2.05) is 19.1 Å². The number of ether oxygens (including phenoxy) is 1. The lowest BCUT2D eigenvalue weighted by Crippen LogP contribution is -2.08. The van der Waals surface area contributed by atoms with Crippen molar-refractivity contribution in [3.05, 3.63) is 34.9 Å². The summed E-state index contributed by atoms with van der Waals surface area (Å²) in [4.78, 5) is 22.9. The highest BCUT2D eigenvalue weighted by molar-refractivity contribution is 5.97. The van der Waals surface area contributed by atoms with Gasteiger partial charge in [-0.25, -0.2) is 4.79 Å². The van der Waals surface area contributed by atoms with E-state index in [9.17, 15) is 9.59 Å². The molecule has 0 atom stereocenters. The third kappa shape index (κ3) is 2.73. The average molecular weight is 232 g/mol. The van der Waals surface area contributed by atoms with E-state index in [1.54, 1.807) is 6.08 Å². The van der Waals surface area contributed by atoms with Crippen molar-refractivity contribution in [2.45, 2.75) is 32.6 Å². The van der Waals surface area contributed by atoms with E-state index in [0.29, 0.717) is 18.6 Å². The zero-order valence-corrected chi connectivity index (χ0v) is 9.99. The second-order valence-corrected chi connectivity index (χ2v) is 4.39. The van der Waals surface area contributed by atoms with Gasteiger partial charge in [0, 0.05) is 6.42 Å². The van der Waals surface area contributed by atoms with Crippen LogP contribution in [-0.4, -0.2) is 18.4 Å². The number of hydrogen-bond donors (Lipinski definition) is 0. The Labute approximate surface area is 101 Å². The maximum Gasteiger partial charge on any atom is 0.338 e. The largest absolute Gasteiger partial charge is 0.458 e. The smallest absolute Gasteiger partial charge is 0.338 e. The van der Waals surface area contributed by atoms with Gasteiger partial charge in [-0.15, -0.1) is 0 Å². The van der Waals surface area contributed by atoms with Gasteiger partial charge in [-0.3, -0.25) is 4.79 Å². The summed E-state index contributed by atoms with van der Waals surface area (Å²) >= 11 is 0. The maximum atomic E-state index is 11.6. The van der Waals surface area contributed by atoms with Gasteiger partial charge in [0.15, 0.2) is 5.78 Å². The number of cyclic esters (lactones) is 1. The monoisotopic (exact) mass is 232 g/mol. The fraction of sp³-hybridized carbons (Fsp3) is 0.429. The third-order valence-corrected chi connectivity index (χ3v) is 3.14. The van der Waals surface area contributed by atoms with E-state index < -0.39 is 0 Å². The topological polar surface area (TPSA) is 43.4 Å².